The van der Waals surface area contributed by atoms with Gasteiger partial charge in [0.05, 0.1) is 22.1 Å². The van der Waals surface area contributed by atoms with E-state index in [4.69, 9.17) is 4.98 Å². The molecule has 2 heteroatoms. The van der Waals surface area contributed by atoms with Gasteiger partial charge >= 0.3 is 0 Å². The van der Waals surface area contributed by atoms with Crippen LogP contribution in [0, 0.1) is 0 Å². The summed E-state index contributed by atoms with van der Waals surface area (Å²) in [6.45, 7) is 4.73. The fourth-order valence-corrected chi connectivity index (χ4v) is 9.50. The maximum Gasteiger partial charge on any atom is 0.145 e. The summed E-state index contributed by atoms with van der Waals surface area (Å²) in [5.41, 5.74) is 19.8. The van der Waals surface area contributed by atoms with Crippen molar-refractivity contribution in [2.45, 2.75) is 24.7 Å². The molecule has 1 unspecified atom stereocenters. The van der Waals surface area contributed by atoms with Crippen molar-refractivity contribution in [3.05, 3.63) is 191 Å². The van der Waals surface area contributed by atoms with Gasteiger partial charge in [-0.15, -0.1) is 0 Å². The molecule has 11 rings (SSSR count). The molecular formula is C47H32N2. The van der Waals surface area contributed by atoms with Gasteiger partial charge in [0, 0.05) is 11.0 Å². The molecule has 3 aliphatic rings. The van der Waals surface area contributed by atoms with E-state index in [2.05, 4.69) is 176 Å². The van der Waals surface area contributed by atoms with Gasteiger partial charge in [0.15, 0.2) is 0 Å². The van der Waals surface area contributed by atoms with Crippen molar-refractivity contribution in [3.63, 3.8) is 0 Å². The molecule has 7 aromatic carbocycles. The number of imidazole rings is 1. The molecular weight excluding hydrogens is 593 g/mol. The number of nitrogens with zero attached hydrogens (tertiary/aromatic N) is 2. The Morgan fingerprint density at radius 3 is 1.78 bits per heavy atom. The summed E-state index contributed by atoms with van der Waals surface area (Å²) < 4.78 is 2.41. The summed E-state index contributed by atoms with van der Waals surface area (Å²) in [7, 11) is 0. The zero-order valence-electron chi connectivity index (χ0n) is 27.4. The van der Waals surface area contributed by atoms with E-state index >= 15 is 0 Å². The van der Waals surface area contributed by atoms with E-state index in [0.29, 0.717) is 0 Å². The summed E-state index contributed by atoms with van der Waals surface area (Å²) in [5, 5.41) is 0. The van der Waals surface area contributed by atoms with Crippen molar-refractivity contribution < 1.29 is 0 Å². The zero-order chi connectivity index (χ0) is 32.5. The Morgan fingerprint density at radius 1 is 0.429 bits per heavy atom. The van der Waals surface area contributed by atoms with E-state index in [1.54, 1.807) is 0 Å². The number of rotatable bonds is 2. The van der Waals surface area contributed by atoms with E-state index in [1.807, 2.05) is 0 Å². The van der Waals surface area contributed by atoms with Crippen LogP contribution in [0.25, 0.3) is 61.5 Å². The van der Waals surface area contributed by atoms with E-state index in [0.717, 1.165) is 16.9 Å². The van der Waals surface area contributed by atoms with Crippen LogP contribution in [0.5, 0.6) is 0 Å². The molecule has 8 aromatic rings. The number of hydrogen-bond donors (Lipinski definition) is 0. The fraction of sp³-hybridized carbons (Fsp3) is 0.0851. The lowest BCUT2D eigenvalue weighted by Crippen LogP contribution is -2.33. The standard InChI is InChI=1S/C47H32N2/c1-46(2)36-17-8-6-15-32(36)34-25-23-30(27-40(34)46)31-24-26-35-33-16-7-9-18-37(33)47(41(35)28-31)38-19-10-11-22-43(38)49-44-39(47)20-12-21-42(44)48-45(49)29-13-4-3-5-14-29/h3-28H,1-2H3. The van der Waals surface area contributed by atoms with Crippen LogP contribution in [0.3, 0.4) is 0 Å². The third-order valence-corrected chi connectivity index (χ3v) is 11.6. The number of aromatic nitrogens is 2. The van der Waals surface area contributed by atoms with Crippen molar-refractivity contribution >= 4 is 11.0 Å². The fourth-order valence-electron chi connectivity index (χ4n) is 9.50. The van der Waals surface area contributed by atoms with Gasteiger partial charge in [0.1, 0.15) is 5.82 Å². The van der Waals surface area contributed by atoms with Crippen LogP contribution in [0.4, 0.5) is 0 Å². The molecule has 2 nitrogen and oxygen atoms in total. The maximum atomic E-state index is 5.31. The van der Waals surface area contributed by atoms with E-state index in [1.165, 1.54) is 78.0 Å². The van der Waals surface area contributed by atoms with E-state index < -0.39 is 5.41 Å². The van der Waals surface area contributed by atoms with Gasteiger partial charge in [-0.25, -0.2) is 4.98 Å². The van der Waals surface area contributed by atoms with E-state index in [-0.39, 0.29) is 5.41 Å². The normalized spacial score (nSPS) is 17.0. The molecule has 1 aliphatic heterocycles. The van der Waals surface area contributed by atoms with Crippen molar-refractivity contribution in [3.8, 4) is 50.5 Å². The lowest BCUT2D eigenvalue weighted by atomic mass is 9.65. The number of para-hydroxylation sites is 2. The Hall–Kier alpha value is -5.99. The van der Waals surface area contributed by atoms with Gasteiger partial charge in [0.2, 0.25) is 0 Å². The van der Waals surface area contributed by atoms with Crippen LogP contribution < -0.4 is 0 Å². The predicted octanol–water partition coefficient (Wildman–Crippen LogP) is 11.3. The Labute approximate surface area is 286 Å². The van der Waals surface area contributed by atoms with Crippen molar-refractivity contribution in [2.75, 3.05) is 0 Å². The average Bonchev–Trinajstić information content (AvgIpc) is 3.76. The second kappa shape index (κ2) is 9.33. The highest BCUT2D eigenvalue weighted by atomic mass is 15.1. The SMILES string of the molecule is CC1(C)c2ccccc2-c2ccc(-c3ccc4c(c3)C3(c5ccccc5-4)c4ccccc4-n4c(-c5ccccc5)nc5cccc3c54)cc21. The first-order valence-corrected chi connectivity index (χ1v) is 17.2. The molecule has 0 amide bonds. The smallest absolute Gasteiger partial charge is 0.145 e. The van der Waals surface area contributed by atoms with Crippen molar-refractivity contribution in [1.29, 1.82) is 0 Å². The lowest BCUT2D eigenvalue weighted by Gasteiger charge is -2.39. The molecule has 2 aliphatic carbocycles. The Bertz CT molecular complexity index is 2690. The molecule has 0 saturated heterocycles. The highest BCUT2D eigenvalue weighted by molar-refractivity contribution is 5.98. The summed E-state index contributed by atoms with van der Waals surface area (Å²) in [6, 6.07) is 58.6. The molecule has 0 radical (unpaired) electrons. The third-order valence-electron chi connectivity index (χ3n) is 11.6. The molecule has 1 aromatic heterocycles. The minimum atomic E-state index is -0.492. The highest BCUT2D eigenvalue weighted by Crippen LogP contribution is 2.61. The van der Waals surface area contributed by atoms with Crippen LogP contribution >= 0.6 is 0 Å². The monoisotopic (exact) mass is 624 g/mol. The van der Waals surface area contributed by atoms with Gasteiger partial charge in [-0.05, 0) is 91.0 Å². The highest BCUT2D eigenvalue weighted by Gasteiger charge is 2.51. The number of benzene rings is 7. The predicted molar refractivity (Wildman–Crippen MR) is 200 cm³/mol. The molecule has 230 valence electrons. The van der Waals surface area contributed by atoms with Gasteiger partial charge in [-0.2, -0.15) is 0 Å². The Morgan fingerprint density at radius 2 is 1.00 bits per heavy atom. The topological polar surface area (TPSA) is 17.8 Å². The molecule has 2 heterocycles. The number of fused-ring (bicyclic) bond motifs is 12. The largest absolute Gasteiger partial charge is 0.292 e. The molecule has 1 spiro atoms. The van der Waals surface area contributed by atoms with Crippen LogP contribution in [0.15, 0.2) is 158 Å². The van der Waals surface area contributed by atoms with Crippen LogP contribution in [0.1, 0.15) is 47.2 Å². The average molecular weight is 625 g/mol. The summed E-state index contributed by atoms with van der Waals surface area (Å²) in [4.78, 5) is 5.31. The van der Waals surface area contributed by atoms with Crippen LogP contribution in [0.2, 0.25) is 0 Å². The minimum absolute atomic E-state index is 0.0526. The minimum Gasteiger partial charge on any atom is -0.292 e. The van der Waals surface area contributed by atoms with E-state index in [9.17, 15) is 0 Å². The quantitative estimate of drug-likeness (QED) is 0.187. The van der Waals surface area contributed by atoms with Gasteiger partial charge < -0.3 is 0 Å². The lowest BCUT2D eigenvalue weighted by molar-refractivity contribution is 0.660. The summed E-state index contributed by atoms with van der Waals surface area (Å²) in [6.07, 6.45) is 0. The third kappa shape index (κ3) is 3.29. The summed E-state index contributed by atoms with van der Waals surface area (Å²) in [5.74, 6) is 0.979. The Balaban J connectivity index is 1.21. The summed E-state index contributed by atoms with van der Waals surface area (Å²) >= 11 is 0. The molecule has 0 fully saturated rings. The molecule has 0 saturated carbocycles. The molecule has 0 N–H and O–H groups in total. The van der Waals surface area contributed by atoms with Gasteiger partial charge in [-0.3, -0.25) is 4.57 Å². The first-order chi connectivity index (χ1) is 24.1. The first-order valence-electron chi connectivity index (χ1n) is 17.2. The van der Waals surface area contributed by atoms with Crippen LogP contribution in [-0.4, -0.2) is 9.55 Å². The Kier molecular flexibility index (Phi) is 5.14. The first kappa shape index (κ1) is 27.0. The van der Waals surface area contributed by atoms with Gasteiger partial charge in [-0.1, -0.05) is 147 Å². The van der Waals surface area contributed by atoms with Gasteiger partial charge in [0.25, 0.3) is 0 Å². The van der Waals surface area contributed by atoms with Crippen LogP contribution in [-0.2, 0) is 10.8 Å². The number of hydrogen-bond acceptors (Lipinski definition) is 1. The second-order valence-electron chi connectivity index (χ2n) is 14.3. The second-order valence-corrected chi connectivity index (χ2v) is 14.3. The van der Waals surface area contributed by atoms with Crippen molar-refractivity contribution in [2.24, 2.45) is 0 Å². The molecule has 49 heavy (non-hydrogen) atoms. The zero-order valence-corrected chi connectivity index (χ0v) is 27.4. The van der Waals surface area contributed by atoms with Crippen molar-refractivity contribution in [1.82, 2.24) is 9.55 Å². The maximum absolute atomic E-state index is 5.31. The molecule has 0 bridgehead atoms. The molecule has 1 atom stereocenters.